The average Bonchev–Trinajstić information content (AvgIpc) is 2.72. The number of hydrogen-bond donors (Lipinski definition) is 3. The molecule has 1 unspecified atom stereocenters. The number of aliphatic hydroxyl groups is 1. The summed E-state index contributed by atoms with van der Waals surface area (Å²) in [7, 11) is 0. The average molecular weight is 403 g/mol. The quantitative estimate of drug-likeness (QED) is 0.561. The number of carbonyl (C=O) groups excluding carboxylic acids is 2. The summed E-state index contributed by atoms with van der Waals surface area (Å²) in [4.78, 5) is 25.6. The van der Waals surface area contributed by atoms with Crippen LogP contribution in [0, 0.1) is 17.8 Å². The van der Waals surface area contributed by atoms with Crippen LogP contribution in [0.15, 0.2) is 30.3 Å². The molecule has 0 aliphatic heterocycles. The Kier molecular flexibility index (Phi) is 9.65. The molecule has 2 amide bonds. The first-order valence-electron chi connectivity index (χ1n) is 11.2. The number of benzene rings is 1. The zero-order valence-electron chi connectivity index (χ0n) is 18.2. The molecule has 1 fully saturated rings. The molecular weight excluding hydrogens is 364 g/mol. The van der Waals surface area contributed by atoms with Gasteiger partial charge in [0.1, 0.15) is 6.04 Å². The molecule has 0 heterocycles. The minimum absolute atomic E-state index is 0.0306. The Morgan fingerprint density at radius 1 is 1.00 bits per heavy atom. The Morgan fingerprint density at radius 3 is 2.24 bits per heavy atom. The van der Waals surface area contributed by atoms with Crippen LogP contribution in [0.2, 0.25) is 0 Å². The first kappa shape index (κ1) is 23.4. The number of nitrogens with one attached hydrogen (secondary N) is 2. The number of carbonyl (C=O) groups is 2. The minimum Gasteiger partial charge on any atom is -0.394 e. The van der Waals surface area contributed by atoms with Gasteiger partial charge in [-0.1, -0.05) is 83.2 Å². The Bertz CT molecular complexity index is 626. The zero-order chi connectivity index (χ0) is 21.2. The molecule has 1 aliphatic rings. The number of amides is 2. The van der Waals surface area contributed by atoms with E-state index in [0.29, 0.717) is 12.3 Å². The topological polar surface area (TPSA) is 78.4 Å². The molecule has 1 aliphatic carbocycles. The molecule has 2 rings (SSSR count). The van der Waals surface area contributed by atoms with Crippen LogP contribution >= 0.6 is 0 Å². The third-order valence-corrected chi connectivity index (χ3v) is 6.00. The molecule has 0 spiro atoms. The monoisotopic (exact) mass is 402 g/mol. The zero-order valence-corrected chi connectivity index (χ0v) is 18.2. The maximum absolute atomic E-state index is 12.9. The van der Waals surface area contributed by atoms with Gasteiger partial charge in [0.25, 0.3) is 0 Å². The van der Waals surface area contributed by atoms with Gasteiger partial charge in [-0.2, -0.15) is 0 Å². The molecule has 5 heteroatoms. The van der Waals surface area contributed by atoms with Crippen molar-refractivity contribution >= 4 is 11.8 Å². The van der Waals surface area contributed by atoms with E-state index in [-0.39, 0.29) is 36.3 Å². The van der Waals surface area contributed by atoms with Crippen molar-refractivity contribution in [3.8, 4) is 0 Å². The lowest BCUT2D eigenvalue weighted by molar-refractivity contribution is -0.132. The lowest BCUT2D eigenvalue weighted by Crippen LogP contribution is -2.54. The molecule has 0 aromatic heterocycles. The summed E-state index contributed by atoms with van der Waals surface area (Å²) in [5, 5.41) is 15.6. The number of aliphatic hydroxyl groups excluding tert-OH is 1. The van der Waals surface area contributed by atoms with Crippen LogP contribution in [-0.2, 0) is 16.0 Å². The first-order valence-corrected chi connectivity index (χ1v) is 11.2. The van der Waals surface area contributed by atoms with Crippen molar-refractivity contribution in [2.24, 2.45) is 17.8 Å². The molecule has 1 aromatic rings. The standard InChI is InChI=1S/C24H38N2O3/c1-17(2)22(26-23(28)18(3)14-19-10-6-4-7-11-19)24(29)25-21(16-27)15-20-12-8-5-9-13-20/h5,8-9,12-13,17-19,21-22,27H,4,6-7,10-11,14-16H2,1-3H3,(H,25,29)(H,26,28)/t18-,21+,22?/m1/s1. The molecule has 5 nitrogen and oxygen atoms in total. The van der Waals surface area contributed by atoms with Gasteiger partial charge in [0.2, 0.25) is 11.8 Å². The fraction of sp³-hybridized carbons (Fsp3) is 0.667. The summed E-state index contributed by atoms with van der Waals surface area (Å²) in [5.74, 6) is 0.226. The number of rotatable bonds is 10. The molecular formula is C24H38N2O3. The summed E-state index contributed by atoms with van der Waals surface area (Å²) in [6, 6.07) is 8.80. The van der Waals surface area contributed by atoms with Crippen molar-refractivity contribution < 1.29 is 14.7 Å². The third-order valence-electron chi connectivity index (χ3n) is 6.00. The molecule has 1 aromatic carbocycles. The van der Waals surface area contributed by atoms with Crippen molar-refractivity contribution in [3.63, 3.8) is 0 Å². The van der Waals surface area contributed by atoms with Crippen LogP contribution in [0.3, 0.4) is 0 Å². The van der Waals surface area contributed by atoms with Crippen LogP contribution in [0.25, 0.3) is 0 Å². The van der Waals surface area contributed by atoms with E-state index >= 15 is 0 Å². The summed E-state index contributed by atoms with van der Waals surface area (Å²) in [6.45, 7) is 5.69. The molecule has 1 saturated carbocycles. The van der Waals surface area contributed by atoms with E-state index in [2.05, 4.69) is 10.6 Å². The van der Waals surface area contributed by atoms with Gasteiger partial charge < -0.3 is 15.7 Å². The van der Waals surface area contributed by atoms with Crippen LogP contribution in [-0.4, -0.2) is 35.6 Å². The summed E-state index contributed by atoms with van der Waals surface area (Å²) < 4.78 is 0. The Hall–Kier alpha value is -1.88. The summed E-state index contributed by atoms with van der Waals surface area (Å²) >= 11 is 0. The summed E-state index contributed by atoms with van der Waals surface area (Å²) in [6.07, 6.45) is 7.71. The van der Waals surface area contributed by atoms with E-state index in [1.54, 1.807) is 0 Å². The second kappa shape index (κ2) is 12.0. The maximum Gasteiger partial charge on any atom is 0.243 e. The van der Waals surface area contributed by atoms with Crippen LogP contribution in [0.5, 0.6) is 0 Å². The van der Waals surface area contributed by atoms with E-state index in [1.807, 2.05) is 51.1 Å². The van der Waals surface area contributed by atoms with Gasteiger partial charge >= 0.3 is 0 Å². The van der Waals surface area contributed by atoms with Gasteiger partial charge in [0.15, 0.2) is 0 Å². The predicted octanol–water partition coefficient (Wildman–Crippen LogP) is 3.45. The van der Waals surface area contributed by atoms with Gasteiger partial charge in [-0.15, -0.1) is 0 Å². The van der Waals surface area contributed by atoms with Crippen molar-refractivity contribution in [2.45, 2.75) is 77.8 Å². The SMILES string of the molecule is CC(C)C(NC(=O)[C@H](C)CC1CCCCC1)C(=O)N[C@H](CO)Cc1ccccc1. The lowest BCUT2D eigenvalue weighted by atomic mass is 9.83. The third kappa shape index (κ3) is 7.81. The molecule has 0 saturated heterocycles. The Morgan fingerprint density at radius 2 is 1.66 bits per heavy atom. The van der Waals surface area contributed by atoms with E-state index in [0.717, 1.165) is 12.0 Å². The van der Waals surface area contributed by atoms with E-state index in [4.69, 9.17) is 0 Å². The highest BCUT2D eigenvalue weighted by Crippen LogP contribution is 2.29. The van der Waals surface area contributed by atoms with E-state index < -0.39 is 6.04 Å². The molecule has 3 atom stereocenters. The Balaban J connectivity index is 1.90. The lowest BCUT2D eigenvalue weighted by Gasteiger charge is -2.28. The second-order valence-corrected chi connectivity index (χ2v) is 8.95. The van der Waals surface area contributed by atoms with Crippen molar-refractivity contribution in [1.29, 1.82) is 0 Å². The van der Waals surface area contributed by atoms with E-state index in [9.17, 15) is 14.7 Å². The highest BCUT2D eigenvalue weighted by atomic mass is 16.3. The molecule has 0 radical (unpaired) electrons. The highest BCUT2D eigenvalue weighted by molar-refractivity contribution is 5.88. The van der Waals surface area contributed by atoms with Crippen LogP contribution < -0.4 is 10.6 Å². The highest BCUT2D eigenvalue weighted by Gasteiger charge is 2.29. The molecule has 3 N–H and O–H groups in total. The van der Waals surface area contributed by atoms with Gasteiger partial charge in [0, 0.05) is 5.92 Å². The fourth-order valence-corrected chi connectivity index (χ4v) is 4.21. The second-order valence-electron chi connectivity index (χ2n) is 8.95. The molecule has 0 bridgehead atoms. The van der Waals surface area contributed by atoms with Gasteiger partial charge in [-0.25, -0.2) is 0 Å². The van der Waals surface area contributed by atoms with E-state index in [1.165, 1.54) is 32.1 Å². The van der Waals surface area contributed by atoms with Gasteiger partial charge in [-0.05, 0) is 30.2 Å². The smallest absolute Gasteiger partial charge is 0.243 e. The maximum atomic E-state index is 12.9. The molecule has 29 heavy (non-hydrogen) atoms. The predicted molar refractivity (Wildman–Crippen MR) is 116 cm³/mol. The fourth-order valence-electron chi connectivity index (χ4n) is 4.21. The Labute approximate surface area is 175 Å². The first-order chi connectivity index (χ1) is 13.9. The number of hydrogen-bond acceptors (Lipinski definition) is 3. The van der Waals surface area contributed by atoms with Crippen molar-refractivity contribution in [1.82, 2.24) is 10.6 Å². The normalized spacial score (nSPS) is 18.1. The largest absolute Gasteiger partial charge is 0.394 e. The van der Waals surface area contributed by atoms with Gasteiger partial charge in [-0.3, -0.25) is 9.59 Å². The van der Waals surface area contributed by atoms with Crippen molar-refractivity contribution in [3.05, 3.63) is 35.9 Å². The van der Waals surface area contributed by atoms with Crippen molar-refractivity contribution in [2.75, 3.05) is 6.61 Å². The minimum atomic E-state index is -0.596. The van der Waals surface area contributed by atoms with Gasteiger partial charge in [0.05, 0.1) is 12.6 Å². The van der Waals surface area contributed by atoms with Crippen LogP contribution in [0.4, 0.5) is 0 Å². The molecule has 162 valence electrons. The van der Waals surface area contributed by atoms with Crippen LogP contribution in [0.1, 0.15) is 64.9 Å². The summed E-state index contributed by atoms with van der Waals surface area (Å²) in [5.41, 5.74) is 1.05.